The van der Waals surface area contributed by atoms with E-state index in [9.17, 15) is 9.59 Å². The molecule has 92 valence electrons. The number of allylic oxidation sites excluding steroid dienone is 2. The molecule has 1 atom stereocenters. The average Bonchev–Trinajstić information content (AvgIpc) is 2.69. The van der Waals surface area contributed by atoms with Gasteiger partial charge in [0.25, 0.3) is 5.91 Å². The summed E-state index contributed by atoms with van der Waals surface area (Å²) >= 11 is 0. The Balaban J connectivity index is 1.98. The molecule has 6 nitrogen and oxygen atoms in total. The van der Waals surface area contributed by atoms with Crippen LogP contribution in [-0.4, -0.2) is 36.8 Å². The summed E-state index contributed by atoms with van der Waals surface area (Å²) in [6, 6.07) is -0.398. The topological polar surface area (TPSA) is 82.6 Å². The van der Waals surface area contributed by atoms with Crippen molar-refractivity contribution in [3.63, 3.8) is 0 Å². The van der Waals surface area contributed by atoms with E-state index in [0.29, 0.717) is 18.0 Å². The van der Waals surface area contributed by atoms with Crippen LogP contribution in [-0.2, 0) is 4.79 Å². The van der Waals surface area contributed by atoms with E-state index in [-0.39, 0.29) is 24.5 Å². The largest absolute Gasteiger partial charge is 0.326 e. The van der Waals surface area contributed by atoms with Crippen molar-refractivity contribution in [2.45, 2.75) is 6.04 Å². The number of hydrogen-bond acceptors (Lipinski definition) is 3. The number of amides is 3. The van der Waals surface area contributed by atoms with Crippen molar-refractivity contribution in [1.82, 2.24) is 16.0 Å². The van der Waals surface area contributed by atoms with Crippen LogP contribution in [0.25, 0.3) is 0 Å². The molecule has 1 saturated heterocycles. The van der Waals surface area contributed by atoms with E-state index in [1.807, 2.05) is 0 Å². The van der Waals surface area contributed by atoms with Gasteiger partial charge in [-0.2, -0.15) is 0 Å². The van der Waals surface area contributed by atoms with Gasteiger partial charge in [0.2, 0.25) is 0 Å². The smallest absolute Gasteiger partial charge is 0.319 e. The van der Waals surface area contributed by atoms with Crippen molar-refractivity contribution in [1.29, 1.82) is 0 Å². The molecular weight excluding hydrogens is 232 g/mol. The first-order chi connectivity index (χ1) is 8.69. The van der Waals surface area contributed by atoms with Crippen molar-refractivity contribution in [2.75, 3.05) is 13.1 Å². The SMILES string of the molecule is C#CCNCC(=O)N=C1C=CC2NC(=O)NC2=C1. The maximum absolute atomic E-state index is 11.5. The Morgan fingerprint density at radius 3 is 3.22 bits per heavy atom. The van der Waals surface area contributed by atoms with Crippen LogP contribution >= 0.6 is 0 Å². The molecule has 0 aromatic heterocycles. The fourth-order valence-corrected chi connectivity index (χ4v) is 1.64. The average molecular weight is 244 g/mol. The second-order valence-corrected chi connectivity index (χ2v) is 3.77. The van der Waals surface area contributed by atoms with Gasteiger partial charge in [0.05, 0.1) is 24.8 Å². The maximum atomic E-state index is 11.5. The Morgan fingerprint density at radius 1 is 1.61 bits per heavy atom. The molecule has 1 fully saturated rings. The standard InChI is InChI=1S/C12H12N4O2/c1-2-5-13-7-11(17)14-8-3-4-9-10(6-8)16-12(18)15-9/h1,3-4,6,9,13H,5,7H2,(H2,15,16,18). The quantitative estimate of drug-likeness (QED) is 0.454. The van der Waals surface area contributed by atoms with Crippen LogP contribution < -0.4 is 16.0 Å². The lowest BCUT2D eigenvalue weighted by Gasteiger charge is -2.10. The van der Waals surface area contributed by atoms with E-state index in [1.54, 1.807) is 18.2 Å². The van der Waals surface area contributed by atoms with Gasteiger partial charge in [0.15, 0.2) is 0 Å². The van der Waals surface area contributed by atoms with Crippen molar-refractivity contribution in [2.24, 2.45) is 4.99 Å². The molecule has 3 N–H and O–H groups in total. The first-order valence-electron chi connectivity index (χ1n) is 5.42. The van der Waals surface area contributed by atoms with Crippen LogP contribution in [0.5, 0.6) is 0 Å². The van der Waals surface area contributed by atoms with Crippen molar-refractivity contribution in [3.05, 3.63) is 23.9 Å². The van der Waals surface area contributed by atoms with Gasteiger partial charge in [0.1, 0.15) is 0 Å². The second-order valence-electron chi connectivity index (χ2n) is 3.77. The highest BCUT2D eigenvalue weighted by molar-refractivity contribution is 6.11. The van der Waals surface area contributed by atoms with Gasteiger partial charge < -0.3 is 10.6 Å². The minimum Gasteiger partial charge on any atom is -0.326 e. The van der Waals surface area contributed by atoms with Crippen molar-refractivity contribution < 1.29 is 9.59 Å². The number of nitrogens with zero attached hydrogens (tertiary/aromatic N) is 1. The Labute approximate surface area is 104 Å². The number of aliphatic imine (C=N–C) groups is 1. The highest BCUT2D eigenvalue weighted by Gasteiger charge is 2.25. The van der Waals surface area contributed by atoms with Crippen LogP contribution in [0.15, 0.2) is 28.9 Å². The van der Waals surface area contributed by atoms with E-state index < -0.39 is 0 Å². The first-order valence-corrected chi connectivity index (χ1v) is 5.42. The second kappa shape index (κ2) is 5.29. The molecular formula is C12H12N4O2. The van der Waals surface area contributed by atoms with Crippen LogP contribution in [0.1, 0.15) is 0 Å². The lowest BCUT2D eigenvalue weighted by Crippen LogP contribution is -2.26. The summed E-state index contributed by atoms with van der Waals surface area (Å²) in [4.78, 5) is 26.4. The molecule has 1 aliphatic carbocycles. The van der Waals surface area contributed by atoms with Gasteiger partial charge >= 0.3 is 6.03 Å². The number of carbonyl (C=O) groups is 2. The molecule has 0 saturated carbocycles. The third-order valence-electron chi connectivity index (χ3n) is 2.40. The summed E-state index contributed by atoms with van der Waals surface area (Å²) in [6.07, 6.45) is 10.2. The number of urea groups is 1. The zero-order valence-corrected chi connectivity index (χ0v) is 9.56. The molecule has 2 rings (SSSR count). The summed E-state index contributed by atoms with van der Waals surface area (Å²) in [5.41, 5.74) is 1.21. The zero-order chi connectivity index (χ0) is 13.0. The van der Waals surface area contributed by atoms with E-state index in [2.05, 4.69) is 26.9 Å². The summed E-state index contributed by atoms with van der Waals surface area (Å²) in [6.45, 7) is 0.425. The molecule has 0 bridgehead atoms. The van der Waals surface area contributed by atoms with Gasteiger partial charge in [-0.15, -0.1) is 6.42 Å². The highest BCUT2D eigenvalue weighted by Crippen LogP contribution is 2.12. The first kappa shape index (κ1) is 12.1. The van der Waals surface area contributed by atoms with E-state index in [4.69, 9.17) is 6.42 Å². The predicted molar refractivity (Wildman–Crippen MR) is 66.8 cm³/mol. The highest BCUT2D eigenvalue weighted by atomic mass is 16.2. The number of hydrogen-bond donors (Lipinski definition) is 3. The Bertz CT molecular complexity index is 511. The lowest BCUT2D eigenvalue weighted by atomic mass is 10.1. The predicted octanol–water partition coefficient (Wildman–Crippen LogP) is -0.688. The summed E-state index contributed by atoms with van der Waals surface area (Å²) < 4.78 is 0. The number of fused-ring (bicyclic) bond motifs is 1. The van der Waals surface area contributed by atoms with Gasteiger partial charge in [-0.1, -0.05) is 12.0 Å². The van der Waals surface area contributed by atoms with E-state index in [1.165, 1.54) is 0 Å². The van der Waals surface area contributed by atoms with Crippen LogP contribution in [0.2, 0.25) is 0 Å². The third kappa shape index (κ3) is 2.84. The molecule has 0 radical (unpaired) electrons. The van der Waals surface area contributed by atoms with Crippen LogP contribution in [0.4, 0.5) is 4.79 Å². The third-order valence-corrected chi connectivity index (χ3v) is 2.40. The Hall–Kier alpha value is -2.39. The minimum atomic E-state index is -0.308. The minimum absolute atomic E-state index is 0.0960. The van der Waals surface area contributed by atoms with Crippen LogP contribution in [0.3, 0.4) is 0 Å². The molecule has 6 heteroatoms. The van der Waals surface area contributed by atoms with E-state index in [0.717, 1.165) is 0 Å². The number of terminal acetylenes is 1. The molecule has 0 aromatic carbocycles. The summed E-state index contributed by atoms with van der Waals surface area (Å²) in [7, 11) is 0. The normalized spacial score (nSPS) is 22.8. The maximum Gasteiger partial charge on any atom is 0.319 e. The lowest BCUT2D eigenvalue weighted by molar-refractivity contribution is -0.116. The number of rotatable bonds is 3. The van der Waals surface area contributed by atoms with Gasteiger partial charge in [0, 0.05) is 5.70 Å². The summed E-state index contributed by atoms with van der Waals surface area (Å²) in [5, 5.41) is 8.09. The fourth-order valence-electron chi connectivity index (χ4n) is 1.64. The fraction of sp³-hybridized carbons (Fsp3) is 0.250. The Kier molecular flexibility index (Phi) is 3.55. The number of carbonyl (C=O) groups excluding carboxylic acids is 2. The zero-order valence-electron chi connectivity index (χ0n) is 9.56. The molecule has 18 heavy (non-hydrogen) atoms. The molecule has 1 unspecified atom stereocenters. The molecule has 1 aliphatic heterocycles. The van der Waals surface area contributed by atoms with Gasteiger partial charge in [-0.05, 0) is 12.2 Å². The van der Waals surface area contributed by atoms with Gasteiger partial charge in [-0.25, -0.2) is 9.79 Å². The summed E-state index contributed by atoms with van der Waals surface area (Å²) in [5.74, 6) is 2.06. The van der Waals surface area contributed by atoms with E-state index >= 15 is 0 Å². The van der Waals surface area contributed by atoms with Crippen molar-refractivity contribution >= 4 is 17.6 Å². The monoisotopic (exact) mass is 244 g/mol. The van der Waals surface area contributed by atoms with Crippen molar-refractivity contribution in [3.8, 4) is 12.3 Å². The molecule has 0 aromatic rings. The molecule has 3 amide bonds. The number of nitrogens with one attached hydrogen (secondary N) is 3. The molecule has 1 heterocycles. The molecule has 0 spiro atoms. The molecule has 2 aliphatic rings. The van der Waals surface area contributed by atoms with Crippen LogP contribution in [0, 0.1) is 12.3 Å². The van der Waals surface area contributed by atoms with Gasteiger partial charge in [-0.3, -0.25) is 10.1 Å². The Morgan fingerprint density at radius 2 is 2.44 bits per heavy atom.